The van der Waals surface area contributed by atoms with Crippen molar-refractivity contribution in [3.05, 3.63) is 97.1 Å². The fraction of sp³-hybridized carbons (Fsp3) is 0.446. The lowest BCUT2D eigenvalue weighted by Crippen LogP contribution is -2.53. The number of halogens is 4. The van der Waals surface area contributed by atoms with Gasteiger partial charge in [-0.3, -0.25) is 38.4 Å². The summed E-state index contributed by atoms with van der Waals surface area (Å²) in [6.45, 7) is 6.08. The van der Waals surface area contributed by atoms with Crippen LogP contribution in [0.15, 0.2) is 24.3 Å². The predicted molar refractivity (Wildman–Crippen MR) is 289 cm³/mol. The molecule has 0 saturated carbocycles. The third-order valence-corrected chi connectivity index (χ3v) is 17.9. The van der Waals surface area contributed by atoms with E-state index in [2.05, 4.69) is 0 Å². The average molecular weight is 1260 g/mol. The normalized spacial score (nSPS) is 20.4. The quantitative estimate of drug-likeness (QED) is 0.0211. The number of amides is 7. The standard InChI is InChI=1S/C56H56F4N6O19P2/c1-55(2)24-28(26-80-86(75,76)84-65-38(69)14-15-39(65)70)32-22-34-42(43-44(46(58)48(60)47(59)45(43)57)53(73)61(5)18-6-7-21-79-54(74)83-64-36(67)12-13-37(64)68)35-23-33-29(27-81-87(77,78)85-66-40(71)16-17-41(66)72)25-56(3,4)63-20-9-11-31(50(33)63)52(35)82-51(34)30-10-8-19-62(55)49(30)32/h22-25H,6-21,26-27H2,1-5H3,(H-,75,76,77,78)/p+1. The molecule has 11 rings (SSSR count). The highest BCUT2D eigenvalue weighted by Gasteiger charge is 2.48. The Kier molecular flexibility index (Phi) is 16.1. The van der Waals surface area contributed by atoms with E-state index in [0.29, 0.717) is 48.1 Å². The van der Waals surface area contributed by atoms with E-state index in [1.54, 1.807) is 12.2 Å². The fourth-order valence-electron chi connectivity index (χ4n) is 12.3. The number of imide groups is 3. The Labute approximate surface area is 493 Å². The number of carbonyl (C=O) groups excluding carboxylic acids is 8. The molecule has 25 nitrogen and oxygen atoms in total. The van der Waals surface area contributed by atoms with E-state index in [4.69, 9.17) is 32.6 Å². The summed E-state index contributed by atoms with van der Waals surface area (Å²) in [5, 5.41) is 0.946. The molecule has 462 valence electrons. The molecule has 3 aromatic carbocycles. The lowest BCUT2D eigenvalue weighted by molar-refractivity contribution is -0.266. The van der Waals surface area contributed by atoms with E-state index in [0.717, 1.165) is 4.90 Å². The van der Waals surface area contributed by atoms with Gasteiger partial charge in [0.05, 0.1) is 34.5 Å². The number of unbranched alkanes of at least 4 members (excludes halogenated alkanes) is 1. The number of ether oxygens (including phenoxy) is 2. The molecule has 8 aliphatic rings. The molecule has 2 N–H and O–H groups in total. The van der Waals surface area contributed by atoms with Crippen molar-refractivity contribution in [3.8, 4) is 11.5 Å². The molecule has 0 aromatic heterocycles. The Morgan fingerprint density at radius 3 is 1.84 bits per heavy atom. The van der Waals surface area contributed by atoms with Gasteiger partial charge in [-0.1, -0.05) is 20.4 Å². The van der Waals surface area contributed by atoms with Crippen molar-refractivity contribution >= 4 is 86.3 Å². The summed E-state index contributed by atoms with van der Waals surface area (Å²) in [5.41, 5.74) is -2.50. The molecule has 0 aliphatic carbocycles. The van der Waals surface area contributed by atoms with Crippen molar-refractivity contribution in [2.45, 2.75) is 116 Å². The Hall–Kier alpha value is -7.17. The van der Waals surface area contributed by atoms with E-state index >= 15 is 17.6 Å². The third kappa shape index (κ3) is 11.2. The van der Waals surface area contributed by atoms with Gasteiger partial charge in [0.15, 0.2) is 28.8 Å². The largest absolute Gasteiger partial charge is 0.604 e. The van der Waals surface area contributed by atoms with Crippen molar-refractivity contribution in [2.75, 3.05) is 51.4 Å². The van der Waals surface area contributed by atoms with Crippen molar-refractivity contribution in [1.29, 1.82) is 0 Å². The van der Waals surface area contributed by atoms with Crippen LogP contribution in [-0.4, -0.2) is 135 Å². The summed E-state index contributed by atoms with van der Waals surface area (Å²) in [6, 6.07) is 2.87. The average Bonchev–Trinajstić information content (AvgIpc) is 1.18. The fourth-order valence-corrected chi connectivity index (χ4v) is 13.8. The zero-order valence-corrected chi connectivity index (χ0v) is 49.3. The molecule has 8 aliphatic heterocycles. The smallest absolute Gasteiger partial charge is 0.533 e. The molecule has 3 aromatic rings. The molecule has 0 bridgehead atoms. The Bertz CT molecular complexity index is 3750. The lowest BCUT2D eigenvalue weighted by Gasteiger charge is -2.47. The van der Waals surface area contributed by atoms with Crippen LogP contribution < -0.4 is 34.6 Å². The number of carbonyl (C=O) groups is 8. The first-order valence-corrected chi connectivity index (χ1v) is 30.8. The first kappa shape index (κ1) is 61.5. The number of fused-ring (bicyclic) bond motifs is 4. The second-order valence-corrected chi connectivity index (χ2v) is 25.6. The molecule has 7 amide bonds. The summed E-state index contributed by atoms with van der Waals surface area (Å²) in [7, 11) is -9.39. The third-order valence-electron chi connectivity index (χ3n) is 16.2. The van der Waals surface area contributed by atoms with E-state index in [1.807, 2.05) is 37.2 Å². The van der Waals surface area contributed by atoms with Crippen LogP contribution in [0.5, 0.6) is 11.5 Å². The molecule has 0 radical (unpaired) electrons. The number of rotatable bonds is 18. The van der Waals surface area contributed by atoms with Crippen LogP contribution >= 0.6 is 16.3 Å². The van der Waals surface area contributed by atoms with Crippen molar-refractivity contribution in [1.82, 2.24) is 24.7 Å². The highest BCUT2D eigenvalue weighted by molar-refractivity contribution is 7.53. The topological polar surface area (TPSA) is 307 Å². The molecule has 2 unspecified atom stereocenters. The molecule has 3 fully saturated rings. The van der Waals surface area contributed by atoms with Gasteiger partial charge in [0, 0.05) is 112 Å². The Morgan fingerprint density at radius 1 is 0.690 bits per heavy atom. The molecule has 87 heavy (non-hydrogen) atoms. The number of phosphoric ester groups is 2. The number of benzene rings is 3. The summed E-state index contributed by atoms with van der Waals surface area (Å²) in [4.78, 5) is 157. The molecular formula is C56H57F4N6O19P2+. The van der Waals surface area contributed by atoms with Gasteiger partial charge in [0.2, 0.25) is 5.36 Å². The maximum absolute atomic E-state index is 17.8. The van der Waals surface area contributed by atoms with Gasteiger partial charge in [0.1, 0.15) is 31.3 Å². The highest BCUT2D eigenvalue weighted by atomic mass is 31.2. The number of hydrogen-bond donors (Lipinski definition) is 2. The first-order valence-electron chi connectivity index (χ1n) is 27.8. The highest BCUT2D eigenvalue weighted by Crippen LogP contribution is 2.56. The second-order valence-electron chi connectivity index (χ2n) is 22.9. The Morgan fingerprint density at radius 2 is 1.24 bits per heavy atom. The van der Waals surface area contributed by atoms with Crippen LogP contribution in [0, 0.1) is 23.3 Å². The van der Waals surface area contributed by atoms with Gasteiger partial charge >= 0.3 is 22.5 Å². The zero-order chi connectivity index (χ0) is 62.6. The minimum atomic E-state index is -5.28. The minimum absolute atomic E-state index is 0.0210. The van der Waals surface area contributed by atoms with Gasteiger partial charge in [-0.2, -0.15) is 18.8 Å². The molecule has 2 atom stereocenters. The number of hydrogen-bond acceptors (Lipinski definition) is 20. The van der Waals surface area contributed by atoms with Crippen LogP contribution in [0.2, 0.25) is 0 Å². The minimum Gasteiger partial charge on any atom is -0.604 e. The summed E-state index contributed by atoms with van der Waals surface area (Å²) in [5.74, 6) is -15.1. The van der Waals surface area contributed by atoms with Gasteiger partial charge < -0.3 is 29.1 Å². The maximum Gasteiger partial charge on any atom is 0.533 e. The van der Waals surface area contributed by atoms with Crippen LogP contribution in [0.4, 0.5) is 28.0 Å². The van der Waals surface area contributed by atoms with Crippen molar-refractivity contribution in [2.24, 2.45) is 0 Å². The lowest BCUT2D eigenvalue weighted by atomic mass is 9.78. The first-order chi connectivity index (χ1) is 41.0. The molecule has 8 heterocycles. The SMILES string of the molecule is CN(CCCCOC(=O)ON1C(=O)CCC1=O)C(=O)c1c(F)c(F)c(F)c(F)c1C1=c2cc3c4c(c2Oc2c1cc1c5c2CCCN5C(C)(C)C=C1CO[P+]([O-])(O)ON1C(=O)CCC1=O)CCC[N+]=4C(C)(C)C=C3CO[P+]([O-])(O)ON1C(=O)CCC1=O. The molecule has 0 spiro atoms. The molecule has 3 saturated heterocycles. The summed E-state index contributed by atoms with van der Waals surface area (Å²) < 4.78 is 102. The zero-order valence-electron chi connectivity index (χ0n) is 47.5. The second kappa shape index (κ2) is 22.8. The number of phosphoric acid groups is 2. The number of anilines is 1. The summed E-state index contributed by atoms with van der Waals surface area (Å²) in [6.07, 6.45) is 1.88. The Balaban J connectivity index is 1.07. The van der Waals surface area contributed by atoms with Gasteiger partial charge in [-0.05, 0) is 75.3 Å². The van der Waals surface area contributed by atoms with Crippen LogP contribution in [-0.2, 0) is 69.5 Å². The summed E-state index contributed by atoms with van der Waals surface area (Å²) >= 11 is 0. The monoisotopic (exact) mass is 1260 g/mol. The maximum atomic E-state index is 17.8. The number of hydroxylamine groups is 6. The molecule has 31 heteroatoms. The van der Waals surface area contributed by atoms with E-state index in [9.17, 15) is 57.9 Å². The number of nitrogens with zero attached hydrogens (tertiary/aromatic N) is 6. The van der Waals surface area contributed by atoms with E-state index < -0.39 is 128 Å². The van der Waals surface area contributed by atoms with Crippen LogP contribution in [0.25, 0.3) is 16.7 Å². The van der Waals surface area contributed by atoms with Crippen LogP contribution in [0.1, 0.15) is 136 Å². The van der Waals surface area contributed by atoms with Crippen molar-refractivity contribution in [3.63, 3.8) is 0 Å². The van der Waals surface area contributed by atoms with Crippen LogP contribution in [0.3, 0.4) is 0 Å². The van der Waals surface area contributed by atoms with Gasteiger partial charge in [-0.15, -0.1) is 10.1 Å². The van der Waals surface area contributed by atoms with Gasteiger partial charge in [0.25, 0.3) is 41.4 Å². The van der Waals surface area contributed by atoms with Crippen molar-refractivity contribution < 1.29 is 108 Å². The predicted octanol–water partition coefficient (Wildman–Crippen LogP) is 3.46. The van der Waals surface area contributed by atoms with Gasteiger partial charge in [-0.25, -0.2) is 26.9 Å². The van der Waals surface area contributed by atoms with E-state index in [-0.39, 0.29) is 137 Å². The van der Waals surface area contributed by atoms with E-state index in [1.165, 1.54) is 19.2 Å². The molecular weight excluding hydrogens is 1200 g/mol.